The second-order valence-corrected chi connectivity index (χ2v) is 11.3. The van der Waals surface area contributed by atoms with E-state index in [0.29, 0.717) is 50.7 Å². The highest BCUT2D eigenvalue weighted by Gasteiger charge is 2.25. The molecule has 1 aliphatic rings. The molecule has 1 fully saturated rings. The molecular weight excluding hydrogens is 616 g/mol. The Bertz CT molecular complexity index is 1730. The molecule has 4 aromatic rings. The fourth-order valence-corrected chi connectivity index (χ4v) is 5.22. The van der Waals surface area contributed by atoms with Crippen LogP contribution in [0.5, 0.6) is 0 Å². The van der Waals surface area contributed by atoms with Crippen LogP contribution in [0, 0.1) is 0 Å². The quantitative estimate of drug-likeness (QED) is 0.140. The molecule has 1 aliphatic heterocycles. The van der Waals surface area contributed by atoms with Crippen LogP contribution < -0.4 is 27.0 Å². The maximum Gasteiger partial charge on any atom is 0.408 e. The number of nitrogens with zero attached hydrogens (tertiary/aromatic N) is 2. The van der Waals surface area contributed by atoms with E-state index >= 15 is 0 Å². The Hall–Kier alpha value is -5.69. The molecule has 250 valence electrons. The molecule has 0 saturated carbocycles. The summed E-state index contributed by atoms with van der Waals surface area (Å²) in [5.41, 5.74) is 3.34. The molecular formula is C35H38N6O7. The largest absolute Gasteiger partial charge is 0.480 e. The van der Waals surface area contributed by atoms with E-state index in [0.717, 1.165) is 22.3 Å². The van der Waals surface area contributed by atoms with Gasteiger partial charge < -0.3 is 35.8 Å². The highest BCUT2D eigenvalue weighted by atomic mass is 16.5. The molecule has 0 spiro atoms. The zero-order valence-corrected chi connectivity index (χ0v) is 26.3. The molecule has 5 N–H and O–H groups in total. The van der Waals surface area contributed by atoms with E-state index in [2.05, 4.69) is 26.3 Å². The van der Waals surface area contributed by atoms with Gasteiger partial charge in [-0.15, -0.1) is 0 Å². The Morgan fingerprint density at radius 3 is 2.21 bits per heavy atom. The van der Waals surface area contributed by atoms with E-state index in [1.54, 1.807) is 42.6 Å². The number of rotatable bonds is 13. The fourth-order valence-electron chi connectivity index (χ4n) is 5.22. The Morgan fingerprint density at radius 2 is 1.54 bits per heavy atom. The zero-order valence-electron chi connectivity index (χ0n) is 26.3. The van der Waals surface area contributed by atoms with Crippen molar-refractivity contribution in [2.45, 2.75) is 51.0 Å². The number of hydrogen-bond acceptors (Lipinski definition) is 8. The lowest BCUT2D eigenvalue weighted by Gasteiger charge is -2.25. The molecule has 13 nitrogen and oxygen atoms in total. The first-order valence-electron chi connectivity index (χ1n) is 15.6. The number of nitrogens with one attached hydrogen (secondary N) is 4. The maximum atomic E-state index is 13.1. The number of carboxylic acid groups (broad SMARTS) is 1. The number of anilines is 2. The summed E-state index contributed by atoms with van der Waals surface area (Å²) < 4.78 is 11.9. The molecule has 0 aliphatic carbocycles. The normalized spacial score (nSPS) is 13.6. The molecule has 0 radical (unpaired) electrons. The van der Waals surface area contributed by atoms with Crippen LogP contribution in [0.25, 0.3) is 0 Å². The summed E-state index contributed by atoms with van der Waals surface area (Å²) in [7, 11) is 0. The fraction of sp³-hybridized carbons (Fsp3) is 0.286. The van der Waals surface area contributed by atoms with Crippen molar-refractivity contribution >= 4 is 29.6 Å². The van der Waals surface area contributed by atoms with E-state index in [-0.39, 0.29) is 25.1 Å². The number of aliphatic carboxylic acids is 1. The molecule has 3 amide bonds. The second kappa shape index (κ2) is 16.7. The SMILES string of the molecule is O=C(NCc1ccccc1)Nc1ccc(CNc2nc(=O)n(C[C@H](NC(=O)OCc3ccccc3)C(=O)O)cc2C2CCOCC2)cc1. The minimum Gasteiger partial charge on any atom is -0.480 e. The summed E-state index contributed by atoms with van der Waals surface area (Å²) in [6, 6.07) is 24.1. The van der Waals surface area contributed by atoms with E-state index in [1.807, 2.05) is 48.5 Å². The van der Waals surface area contributed by atoms with Crippen LogP contribution in [0.2, 0.25) is 0 Å². The van der Waals surface area contributed by atoms with Gasteiger partial charge in [0.2, 0.25) is 0 Å². The topological polar surface area (TPSA) is 173 Å². The molecule has 0 unspecified atom stereocenters. The number of carboxylic acids is 1. The average Bonchev–Trinajstić information content (AvgIpc) is 3.11. The zero-order chi connectivity index (χ0) is 33.7. The van der Waals surface area contributed by atoms with Gasteiger partial charge in [-0.25, -0.2) is 19.2 Å². The number of urea groups is 1. The van der Waals surface area contributed by atoms with Gasteiger partial charge in [-0.3, -0.25) is 4.57 Å². The van der Waals surface area contributed by atoms with Crippen molar-refractivity contribution in [3.8, 4) is 0 Å². The number of amides is 3. The van der Waals surface area contributed by atoms with Gasteiger partial charge in [0.25, 0.3) is 0 Å². The average molecular weight is 655 g/mol. The number of alkyl carbamates (subject to hydrolysis) is 1. The summed E-state index contributed by atoms with van der Waals surface area (Å²) >= 11 is 0. The number of carbonyl (C=O) groups excluding carboxylic acids is 2. The van der Waals surface area contributed by atoms with Crippen molar-refractivity contribution in [3.05, 3.63) is 124 Å². The molecule has 1 aromatic heterocycles. The van der Waals surface area contributed by atoms with Crippen molar-refractivity contribution < 1.29 is 29.0 Å². The molecule has 3 aromatic carbocycles. The molecule has 5 rings (SSSR count). The van der Waals surface area contributed by atoms with Gasteiger partial charge in [0.05, 0.1) is 6.54 Å². The van der Waals surface area contributed by atoms with Gasteiger partial charge in [-0.1, -0.05) is 72.8 Å². The van der Waals surface area contributed by atoms with Crippen LogP contribution in [0.3, 0.4) is 0 Å². The third-order valence-electron chi connectivity index (χ3n) is 7.83. The van der Waals surface area contributed by atoms with Crippen LogP contribution in [-0.2, 0) is 40.5 Å². The smallest absolute Gasteiger partial charge is 0.408 e. The van der Waals surface area contributed by atoms with Crippen LogP contribution in [0.1, 0.15) is 41.0 Å². The maximum absolute atomic E-state index is 13.1. The Kier molecular flexibility index (Phi) is 11.7. The number of ether oxygens (including phenoxy) is 2. The van der Waals surface area contributed by atoms with Gasteiger partial charge in [0.1, 0.15) is 18.5 Å². The van der Waals surface area contributed by atoms with Gasteiger partial charge in [-0.2, -0.15) is 4.98 Å². The van der Waals surface area contributed by atoms with Gasteiger partial charge >= 0.3 is 23.8 Å². The number of benzene rings is 3. The van der Waals surface area contributed by atoms with Crippen molar-refractivity contribution in [2.75, 3.05) is 23.8 Å². The Labute approximate surface area is 277 Å². The third-order valence-corrected chi connectivity index (χ3v) is 7.83. The van der Waals surface area contributed by atoms with E-state index in [4.69, 9.17) is 9.47 Å². The summed E-state index contributed by atoms with van der Waals surface area (Å²) in [4.78, 5) is 54.2. The van der Waals surface area contributed by atoms with Crippen molar-refractivity contribution in [1.29, 1.82) is 0 Å². The summed E-state index contributed by atoms with van der Waals surface area (Å²) in [6.45, 7) is 1.47. The molecule has 1 atom stereocenters. The molecule has 2 heterocycles. The first-order chi connectivity index (χ1) is 23.3. The number of hydrogen-bond donors (Lipinski definition) is 5. The van der Waals surface area contributed by atoms with Crippen molar-refractivity contribution in [2.24, 2.45) is 0 Å². The van der Waals surface area contributed by atoms with Crippen LogP contribution in [-0.4, -0.2) is 52.0 Å². The van der Waals surface area contributed by atoms with Gasteiger partial charge in [0.15, 0.2) is 0 Å². The van der Waals surface area contributed by atoms with Crippen LogP contribution in [0.4, 0.5) is 21.1 Å². The third kappa shape index (κ3) is 9.90. The van der Waals surface area contributed by atoms with E-state index in [9.17, 15) is 24.3 Å². The second-order valence-electron chi connectivity index (χ2n) is 11.3. The molecule has 13 heteroatoms. The minimum atomic E-state index is -1.43. The standard InChI is InChI=1S/C35H38N6O7/c42-32(43)30(39-35(46)48-23-26-9-5-2-6-10-26)22-41-21-29(27-15-17-47-18-16-27)31(40-34(41)45)36-19-25-11-13-28(14-12-25)38-33(44)37-20-24-7-3-1-4-8-24/h1-14,21,27,30H,15-20,22-23H2,(H,39,46)(H,42,43)(H,36,40,45)(H2,37,38,44)/t30-/m0/s1. The minimum absolute atomic E-state index is 0.0219. The number of carbonyl (C=O) groups is 3. The first-order valence-corrected chi connectivity index (χ1v) is 15.6. The van der Waals surface area contributed by atoms with Crippen molar-refractivity contribution in [3.63, 3.8) is 0 Å². The predicted molar refractivity (Wildman–Crippen MR) is 179 cm³/mol. The van der Waals surface area contributed by atoms with Gasteiger partial charge in [-0.05, 0) is 47.6 Å². The molecule has 1 saturated heterocycles. The monoisotopic (exact) mass is 654 g/mol. The summed E-state index contributed by atoms with van der Waals surface area (Å²) in [5, 5.41) is 21.1. The number of aromatic nitrogens is 2. The Morgan fingerprint density at radius 1 is 0.896 bits per heavy atom. The molecule has 0 bridgehead atoms. The Balaban J connectivity index is 1.22. The van der Waals surface area contributed by atoms with Crippen LogP contribution in [0.15, 0.2) is 95.9 Å². The lowest BCUT2D eigenvalue weighted by atomic mass is 9.93. The summed E-state index contributed by atoms with van der Waals surface area (Å²) in [6.07, 6.45) is 2.10. The van der Waals surface area contributed by atoms with Crippen LogP contribution >= 0.6 is 0 Å². The summed E-state index contributed by atoms with van der Waals surface area (Å²) in [5.74, 6) is -0.901. The van der Waals surface area contributed by atoms with Gasteiger partial charge in [0, 0.05) is 43.8 Å². The predicted octanol–water partition coefficient (Wildman–Crippen LogP) is 4.45. The van der Waals surface area contributed by atoms with E-state index < -0.39 is 23.8 Å². The highest BCUT2D eigenvalue weighted by Crippen LogP contribution is 2.31. The lowest BCUT2D eigenvalue weighted by Crippen LogP contribution is -2.45. The van der Waals surface area contributed by atoms with E-state index in [1.165, 1.54) is 4.57 Å². The lowest BCUT2D eigenvalue weighted by molar-refractivity contribution is -0.139. The van der Waals surface area contributed by atoms with Crippen molar-refractivity contribution in [1.82, 2.24) is 20.2 Å². The first kappa shape index (κ1) is 33.7. The highest BCUT2D eigenvalue weighted by molar-refractivity contribution is 5.89. The molecule has 48 heavy (non-hydrogen) atoms.